The Bertz CT molecular complexity index is 579. The number of furan rings is 1. The molecule has 0 radical (unpaired) electrons. The van der Waals surface area contributed by atoms with Crippen LogP contribution in [0.15, 0.2) is 58.6 Å². The van der Waals surface area contributed by atoms with Crippen molar-refractivity contribution in [2.24, 2.45) is 0 Å². The van der Waals surface area contributed by atoms with Gasteiger partial charge in [-0.15, -0.1) is 11.8 Å². The minimum Gasteiger partial charge on any atom is -0.468 e. The number of aliphatic hydroxyl groups is 1. The van der Waals surface area contributed by atoms with Crippen molar-refractivity contribution in [2.45, 2.75) is 12.4 Å². The zero-order chi connectivity index (χ0) is 14.2. The van der Waals surface area contributed by atoms with Crippen molar-refractivity contribution >= 4 is 23.4 Å². The van der Waals surface area contributed by atoms with Crippen LogP contribution in [0.4, 0.5) is 5.69 Å². The van der Waals surface area contributed by atoms with Gasteiger partial charge in [-0.25, -0.2) is 0 Å². The van der Waals surface area contributed by atoms with Gasteiger partial charge in [0.25, 0.3) is 0 Å². The molecule has 0 aliphatic carbocycles. The Labute approximate surface area is 121 Å². The molecule has 5 heteroatoms. The molecule has 0 atom stereocenters. The van der Waals surface area contributed by atoms with Gasteiger partial charge in [-0.2, -0.15) is 0 Å². The van der Waals surface area contributed by atoms with Crippen LogP contribution in [0.3, 0.4) is 0 Å². The predicted octanol–water partition coefficient (Wildman–Crippen LogP) is 3.16. The predicted molar refractivity (Wildman–Crippen MR) is 80.1 cm³/mol. The highest BCUT2D eigenvalue weighted by atomic mass is 32.2. The van der Waals surface area contributed by atoms with Gasteiger partial charge in [0.15, 0.2) is 0 Å². The highest BCUT2D eigenvalue weighted by molar-refractivity contribution is 8.01. The van der Waals surface area contributed by atoms with Crippen LogP contribution < -0.4 is 5.32 Å². The molecule has 0 unspecified atom stereocenters. The fourth-order valence-corrected chi connectivity index (χ4v) is 2.21. The minimum atomic E-state index is -0.202. The van der Waals surface area contributed by atoms with Crippen LogP contribution in [0, 0.1) is 0 Å². The summed E-state index contributed by atoms with van der Waals surface area (Å²) < 4.78 is 5.18. The van der Waals surface area contributed by atoms with Gasteiger partial charge in [-0.3, -0.25) is 4.79 Å². The molecule has 1 aromatic carbocycles. The number of hydrogen-bond acceptors (Lipinski definition) is 4. The van der Waals surface area contributed by atoms with Crippen LogP contribution in [-0.2, 0) is 17.2 Å². The molecule has 2 aromatic rings. The summed E-state index contributed by atoms with van der Waals surface area (Å²) in [5.74, 6) is 1.36. The van der Waals surface area contributed by atoms with E-state index in [0.717, 1.165) is 11.3 Å². The average Bonchev–Trinajstić information content (AvgIpc) is 2.97. The molecular weight excluding hydrogens is 274 g/mol. The summed E-state index contributed by atoms with van der Waals surface area (Å²) in [6.45, 7) is -0.0431. The molecule has 0 spiro atoms. The zero-order valence-corrected chi connectivity index (χ0v) is 11.6. The van der Waals surface area contributed by atoms with E-state index >= 15 is 0 Å². The minimum absolute atomic E-state index is 0.0431. The molecule has 0 saturated carbocycles. The van der Waals surface area contributed by atoms with E-state index in [1.807, 2.05) is 12.1 Å². The summed E-state index contributed by atoms with van der Waals surface area (Å²) >= 11 is 1.48. The van der Waals surface area contributed by atoms with E-state index < -0.39 is 0 Å². The third-order valence-electron chi connectivity index (χ3n) is 2.50. The van der Waals surface area contributed by atoms with Crippen molar-refractivity contribution < 1.29 is 14.3 Å². The third-order valence-corrected chi connectivity index (χ3v) is 3.28. The number of amides is 1. The Morgan fingerprint density at radius 2 is 2.25 bits per heavy atom. The highest BCUT2D eigenvalue weighted by Gasteiger charge is 1.99. The highest BCUT2D eigenvalue weighted by Crippen LogP contribution is 2.14. The topological polar surface area (TPSA) is 62.5 Å². The summed E-state index contributed by atoms with van der Waals surface area (Å²) in [5.41, 5.74) is 1.43. The number of carbonyl (C=O) groups is 1. The van der Waals surface area contributed by atoms with E-state index in [1.54, 1.807) is 35.9 Å². The third kappa shape index (κ3) is 4.60. The summed E-state index contributed by atoms with van der Waals surface area (Å²) in [6.07, 6.45) is 3.10. The fraction of sp³-hybridized carbons (Fsp3) is 0.133. The van der Waals surface area contributed by atoms with Gasteiger partial charge in [-0.05, 0) is 35.2 Å². The Balaban J connectivity index is 1.79. The summed E-state index contributed by atoms with van der Waals surface area (Å²) in [5, 5.41) is 13.5. The van der Waals surface area contributed by atoms with E-state index in [4.69, 9.17) is 9.52 Å². The van der Waals surface area contributed by atoms with Crippen LogP contribution in [0.2, 0.25) is 0 Å². The molecule has 1 aromatic heterocycles. The van der Waals surface area contributed by atoms with Crippen molar-refractivity contribution in [1.82, 2.24) is 0 Å². The van der Waals surface area contributed by atoms with Crippen LogP contribution in [0.1, 0.15) is 11.3 Å². The Morgan fingerprint density at radius 1 is 1.35 bits per heavy atom. The molecule has 1 heterocycles. The molecule has 0 aliphatic heterocycles. The first-order chi connectivity index (χ1) is 9.78. The molecular formula is C15H15NO3S. The van der Waals surface area contributed by atoms with E-state index in [9.17, 15) is 4.79 Å². The monoisotopic (exact) mass is 289 g/mol. The first-order valence-electron chi connectivity index (χ1n) is 6.09. The zero-order valence-electron chi connectivity index (χ0n) is 10.8. The van der Waals surface area contributed by atoms with Crippen molar-refractivity contribution in [3.8, 4) is 0 Å². The van der Waals surface area contributed by atoms with E-state index in [1.165, 1.54) is 17.8 Å². The Hall–Kier alpha value is -1.98. The second-order valence-electron chi connectivity index (χ2n) is 4.04. The largest absolute Gasteiger partial charge is 0.468 e. The van der Waals surface area contributed by atoms with Gasteiger partial charge in [0, 0.05) is 11.8 Å². The summed E-state index contributed by atoms with van der Waals surface area (Å²) in [4.78, 5) is 11.7. The molecule has 104 valence electrons. The van der Waals surface area contributed by atoms with Crippen molar-refractivity contribution in [3.63, 3.8) is 0 Å². The molecule has 0 fully saturated rings. The molecule has 2 N–H and O–H groups in total. The maximum atomic E-state index is 11.7. The van der Waals surface area contributed by atoms with Crippen LogP contribution in [0.5, 0.6) is 0 Å². The van der Waals surface area contributed by atoms with Crippen LogP contribution in [-0.4, -0.2) is 11.0 Å². The van der Waals surface area contributed by atoms with Gasteiger partial charge >= 0.3 is 0 Å². The smallest absolute Gasteiger partial charge is 0.248 e. The van der Waals surface area contributed by atoms with Gasteiger partial charge < -0.3 is 14.8 Å². The van der Waals surface area contributed by atoms with Crippen molar-refractivity contribution in [1.29, 1.82) is 0 Å². The fourth-order valence-electron chi connectivity index (χ4n) is 1.57. The molecule has 20 heavy (non-hydrogen) atoms. The van der Waals surface area contributed by atoms with Crippen LogP contribution in [0.25, 0.3) is 0 Å². The standard InChI is InChI=1S/C15H15NO3S/c17-10-12-3-1-4-13(9-12)16-15(18)6-8-20-11-14-5-2-7-19-14/h1-9,17H,10-11H2,(H,16,18)/b8-6+. The van der Waals surface area contributed by atoms with Crippen molar-refractivity contribution in [3.05, 3.63) is 65.5 Å². The lowest BCUT2D eigenvalue weighted by Crippen LogP contribution is -2.07. The number of rotatable bonds is 6. The SMILES string of the molecule is O=C(/C=C/SCc1ccco1)Nc1cccc(CO)c1. The van der Waals surface area contributed by atoms with Crippen LogP contribution >= 0.6 is 11.8 Å². The molecule has 0 bridgehead atoms. The van der Waals surface area contributed by atoms with E-state index in [0.29, 0.717) is 11.4 Å². The molecule has 0 saturated heterocycles. The number of benzene rings is 1. The number of anilines is 1. The number of hydrogen-bond donors (Lipinski definition) is 2. The maximum absolute atomic E-state index is 11.7. The number of carbonyl (C=O) groups excluding carboxylic acids is 1. The van der Waals surface area contributed by atoms with Gasteiger partial charge in [0.2, 0.25) is 5.91 Å². The van der Waals surface area contributed by atoms with Gasteiger partial charge in [0.05, 0.1) is 18.6 Å². The first kappa shape index (κ1) is 14.4. The lowest BCUT2D eigenvalue weighted by Gasteiger charge is -2.03. The number of aliphatic hydroxyl groups excluding tert-OH is 1. The van der Waals surface area contributed by atoms with E-state index in [2.05, 4.69) is 5.32 Å². The molecule has 1 amide bonds. The summed E-state index contributed by atoms with van der Waals surface area (Å²) in [7, 11) is 0. The molecule has 2 rings (SSSR count). The van der Waals surface area contributed by atoms with Gasteiger partial charge in [-0.1, -0.05) is 12.1 Å². The number of thioether (sulfide) groups is 1. The average molecular weight is 289 g/mol. The first-order valence-corrected chi connectivity index (χ1v) is 7.14. The van der Waals surface area contributed by atoms with E-state index in [-0.39, 0.29) is 12.5 Å². The molecule has 0 aliphatic rings. The quantitative estimate of drug-likeness (QED) is 0.802. The van der Waals surface area contributed by atoms with Gasteiger partial charge in [0.1, 0.15) is 5.76 Å². The number of nitrogens with one attached hydrogen (secondary N) is 1. The second kappa shape index (κ2) is 7.57. The Kier molecular flexibility index (Phi) is 5.46. The Morgan fingerprint density at radius 3 is 3.00 bits per heavy atom. The normalized spacial score (nSPS) is 10.8. The maximum Gasteiger partial charge on any atom is 0.248 e. The summed E-state index contributed by atoms with van der Waals surface area (Å²) in [6, 6.07) is 10.8. The second-order valence-corrected chi connectivity index (χ2v) is 4.94. The lowest BCUT2D eigenvalue weighted by molar-refractivity contribution is -0.111. The van der Waals surface area contributed by atoms with Crippen molar-refractivity contribution in [2.75, 3.05) is 5.32 Å². The molecule has 4 nitrogen and oxygen atoms in total. The lowest BCUT2D eigenvalue weighted by atomic mass is 10.2.